The highest BCUT2D eigenvalue weighted by atomic mass is 79.9. The van der Waals surface area contributed by atoms with E-state index in [0.29, 0.717) is 28.6 Å². The second-order valence-electron chi connectivity index (χ2n) is 6.91. The number of amides is 1. The number of aryl methyl sites for hydroxylation is 1. The first-order valence-electron chi connectivity index (χ1n) is 8.26. The highest BCUT2D eigenvalue weighted by Crippen LogP contribution is 2.59. The number of halogens is 1. The van der Waals surface area contributed by atoms with Crippen LogP contribution in [0.1, 0.15) is 49.1 Å². The minimum absolute atomic E-state index is 0.246. The summed E-state index contributed by atoms with van der Waals surface area (Å²) in [5, 5.41) is 3.33. The molecule has 1 aromatic rings. The molecular formula is C18H22BrNO. The first-order valence-corrected chi connectivity index (χ1v) is 9.18. The lowest BCUT2D eigenvalue weighted by Crippen LogP contribution is -2.39. The van der Waals surface area contributed by atoms with Gasteiger partial charge in [0.05, 0.1) is 0 Å². The van der Waals surface area contributed by atoms with Crippen LogP contribution in [0.2, 0.25) is 0 Å². The number of fused-ring (bicyclic) bond motifs is 3. The van der Waals surface area contributed by atoms with E-state index < -0.39 is 0 Å². The van der Waals surface area contributed by atoms with Crippen LogP contribution in [0.4, 0.5) is 0 Å². The molecule has 0 aliphatic heterocycles. The van der Waals surface area contributed by atoms with Crippen LogP contribution in [0.5, 0.6) is 0 Å². The molecule has 2 saturated carbocycles. The van der Waals surface area contributed by atoms with E-state index in [0.717, 1.165) is 19.3 Å². The summed E-state index contributed by atoms with van der Waals surface area (Å²) in [5.74, 6) is 1.67. The third kappa shape index (κ3) is 2.54. The van der Waals surface area contributed by atoms with Crippen LogP contribution in [-0.4, -0.2) is 16.8 Å². The van der Waals surface area contributed by atoms with Gasteiger partial charge in [-0.15, -0.1) is 0 Å². The molecule has 1 amide bonds. The highest BCUT2D eigenvalue weighted by molar-refractivity contribution is 9.09. The fourth-order valence-corrected chi connectivity index (χ4v) is 4.95. The Kier molecular flexibility index (Phi) is 3.56. The minimum atomic E-state index is 0.246. The van der Waals surface area contributed by atoms with E-state index in [9.17, 15) is 4.79 Å². The molecule has 0 heterocycles. The van der Waals surface area contributed by atoms with E-state index in [1.807, 2.05) is 0 Å². The van der Waals surface area contributed by atoms with Crippen LogP contribution in [-0.2, 0) is 11.2 Å². The van der Waals surface area contributed by atoms with Gasteiger partial charge >= 0.3 is 0 Å². The van der Waals surface area contributed by atoms with Crippen molar-refractivity contribution in [2.75, 3.05) is 0 Å². The number of benzene rings is 1. The summed E-state index contributed by atoms with van der Waals surface area (Å²) in [6.07, 6.45) is 6.96. The van der Waals surface area contributed by atoms with Crippen molar-refractivity contribution in [2.45, 2.75) is 55.3 Å². The average molecular weight is 348 g/mol. The van der Waals surface area contributed by atoms with Crippen LogP contribution < -0.4 is 5.32 Å². The number of rotatable bonds is 2. The average Bonchev–Trinajstić information content (AvgIpc) is 3.25. The smallest absolute Gasteiger partial charge is 0.224 e. The fraction of sp³-hybridized carbons (Fsp3) is 0.611. The van der Waals surface area contributed by atoms with Crippen molar-refractivity contribution >= 4 is 21.8 Å². The predicted molar refractivity (Wildman–Crippen MR) is 87.6 cm³/mol. The van der Waals surface area contributed by atoms with E-state index in [2.05, 4.69) is 45.5 Å². The Morgan fingerprint density at radius 1 is 1.10 bits per heavy atom. The standard InChI is InChI=1S/C18H22BrNO/c19-12-6-8-13(9-7-12)20-18(21)17-15-10-5-11-3-1-2-4-14(11)16(15)17/h1-4,12-13,15-17H,5-10H2,(H,20,21). The Hall–Kier alpha value is -0.830. The molecule has 0 radical (unpaired) electrons. The first kappa shape index (κ1) is 13.8. The molecule has 4 rings (SSSR count). The largest absolute Gasteiger partial charge is 0.353 e. The van der Waals surface area contributed by atoms with Gasteiger partial charge in [-0.3, -0.25) is 4.79 Å². The zero-order valence-electron chi connectivity index (χ0n) is 12.2. The zero-order valence-corrected chi connectivity index (χ0v) is 13.8. The second-order valence-corrected chi connectivity index (χ2v) is 8.21. The number of carbonyl (C=O) groups excluding carboxylic acids is 1. The summed E-state index contributed by atoms with van der Waals surface area (Å²) in [5.41, 5.74) is 2.91. The van der Waals surface area contributed by atoms with E-state index in [4.69, 9.17) is 0 Å². The van der Waals surface area contributed by atoms with Gasteiger partial charge in [-0.05, 0) is 61.5 Å². The van der Waals surface area contributed by atoms with E-state index in [-0.39, 0.29) is 5.92 Å². The number of alkyl halides is 1. The lowest BCUT2D eigenvalue weighted by Gasteiger charge is -2.26. The third-order valence-corrected chi connectivity index (χ3v) is 6.55. The van der Waals surface area contributed by atoms with Crippen LogP contribution in [0.3, 0.4) is 0 Å². The van der Waals surface area contributed by atoms with Gasteiger partial charge in [-0.1, -0.05) is 40.2 Å². The number of carbonyl (C=O) groups is 1. The SMILES string of the molecule is O=C(NC1CCC(Br)CC1)C1C2CCc3ccccc3C21. The van der Waals surface area contributed by atoms with Crippen molar-refractivity contribution < 1.29 is 4.79 Å². The highest BCUT2D eigenvalue weighted by Gasteiger charge is 2.57. The Balaban J connectivity index is 1.41. The normalized spacial score (nSPS) is 37.3. The maximum Gasteiger partial charge on any atom is 0.224 e. The quantitative estimate of drug-likeness (QED) is 0.810. The Morgan fingerprint density at radius 2 is 1.86 bits per heavy atom. The number of hydrogen-bond donors (Lipinski definition) is 1. The lowest BCUT2D eigenvalue weighted by molar-refractivity contribution is -0.123. The summed E-state index contributed by atoms with van der Waals surface area (Å²) in [4.78, 5) is 13.3. The van der Waals surface area contributed by atoms with Crippen LogP contribution in [0.15, 0.2) is 24.3 Å². The molecule has 3 unspecified atom stereocenters. The molecule has 112 valence electrons. The van der Waals surface area contributed by atoms with Gasteiger partial charge in [0, 0.05) is 16.8 Å². The van der Waals surface area contributed by atoms with Gasteiger partial charge in [0.1, 0.15) is 0 Å². The topological polar surface area (TPSA) is 29.1 Å². The fourth-order valence-electron chi connectivity index (χ4n) is 4.42. The van der Waals surface area contributed by atoms with Gasteiger partial charge in [0.15, 0.2) is 0 Å². The summed E-state index contributed by atoms with van der Waals surface area (Å²) >= 11 is 3.68. The molecule has 1 N–H and O–H groups in total. The Labute approximate surface area is 134 Å². The van der Waals surface area contributed by atoms with Crippen molar-refractivity contribution in [3.8, 4) is 0 Å². The van der Waals surface area contributed by atoms with Crippen molar-refractivity contribution in [1.82, 2.24) is 5.32 Å². The molecule has 0 saturated heterocycles. The Morgan fingerprint density at radius 3 is 2.67 bits per heavy atom. The molecule has 3 atom stereocenters. The number of hydrogen-bond acceptors (Lipinski definition) is 1. The Bertz CT molecular complexity index is 550. The third-order valence-electron chi connectivity index (χ3n) is 5.64. The summed E-state index contributed by atoms with van der Waals surface area (Å²) in [6.45, 7) is 0. The van der Waals surface area contributed by atoms with Gasteiger partial charge < -0.3 is 5.32 Å². The van der Waals surface area contributed by atoms with Gasteiger partial charge in [-0.2, -0.15) is 0 Å². The summed E-state index contributed by atoms with van der Waals surface area (Å²) in [6, 6.07) is 9.11. The molecule has 3 aliphatic rings. The first-order chi connectivity index (χ1) is 10.2. The molecular weight excluding hydrogens is 326 g/mol. The number of nitrogens with one attached hydrogen (secondary N) is 1. The van der Waals surface area contributed by atoms with E-state index >= 15 is 0 Å². The molecule has 2 fully saturated rings. The molecule has 1 aromatic carbocycles. The van der Waals surface area contributed by atoms with E-state index in [1.54, 1.807) is 0 Å². The van der Waals surface area contributed by atoms with Gasteiger partial charge in [0.25, 0.3) is 0 Å². The maximum absolute atomic E-state index is 12.6. The lowest BCUT2D eigenvalue weighted by atomic mass is 9.92. The molecule has 21 heavy (non-hydrogen) atoms. The molecule has 2 nitrogen and oxygen atoms in total. The van der Waals surface area contributed by atoms with Gasteiger partial charge in [0.2, 0.25) is 5.91 Å². The van der Waals surface area contributed by atoms with Crippen LogP contribution >= 0.6 is 15.9 Å². The molecule has 3 heteroatoms. The molecule has 3 aliphatic carbocycles. The van der Waals surface area contributed by atoms with Gasteiger partial charge in [-0.25, -0.2) is 0 Å². The minimum Gasteiger partial charge on any atom is -0.353 e. The predicted octanol–water partition coefficient (Wildman–Crippen LogP) is 3.78. The van der Waals surface area contributed by atoms with Crippen LogP contribution in [0.25, 0.3) is 0 Å². The maximum atomic E-state index is 12.6. The van der Waals surface area contributed by atoms with E-state index in [1.165, 1.54) is 30.4 Å². The van der Waals surface area contributed by atoms with Crippen molar-refractivity contribution in [3.05, 3.63) is 35.4 Å². The van der Waals surface area contributed by atoms with Crippen LogP contribution in [0, 0.1) is 11.8 Å². The van der Waals surface area contributed by atoms with Crippen molar-refractivity contribution in [1.29, 1.82) is 0 Å². The summed E-state index contributed by atoms with van der Waals surface area (Å²) in [7, 11) is 0. The monoisotopic (exact) mass is 347 g/mol. The second kappa shape index (κ2) is 5.42. The zero-order chi connectivity index (χ0) is 14.4. The molecule has 0 spiro atoms. The molecule has 0 aromatic heterocycles. The van der Waals surface area contributed by atoms with Crippen molar-refractivity contribution in [3.63, 3.8) is 0 Å². The molecule has 0 bridgehead atoms. The summed E-state index contributed by atoms with van der Waals surface area (Å²) < 4.78 is 0. The van der Waals surface area contributed by atoms with Crippen molar-refractivity contribution in [2.24, 2.45) is 11.8 Å².